The Morgan fingerprint density at radius 3 is 1.81 bits per heavy atom. The average Bonchev–Trinajstić information content (AvgIpc) is 3.92. The molecule has 0 bridgehead atoms. The molecular formula is C55H37NO2. The summed E-state index contributed by atoms with van der Waals surface area (Å²) >= 11 is 0. The summed E-state index contributed by atoms with van der Waals surface area (Å²) in [6.07, 6.45) is 0. The summed E-state index contributed by atoms with van der Waals surface area (Å²) in [5, 5.41) is 6.67. The molecule has 0 unspecified atom stereocenters. The number of para-hydroxylation sites is 3. The van der Waals surface area contributed by atoms with Gasteiger partial charge in [0.25, 0.3) is 0 Å². The molecule has 3 heteroatoms. The van der Waals surface area contributed by atoms with Crippen molar-refractivity contribution in [2.45, 2.75) is 19.3 Å². The monoisotopic (exact) mass is 743 g/mol. The number of benzene rings is 9. The number of hydrogen-bond donors (Lipinski definition) is 0. The predicted molar refractivity (Wildman–Crippen MR) is 242 cm³/mol. The molecule has 0 spiro atoms. The van der Waals surface area contributed by atoms with Crippen LogP contribution in [0.1, 0.15) is 25.0 Å². The van der Waals surface area contributed by atoms with Crippen LogP contribution in [0.3, 0.4) is 0 Å². The van der Waals surface area contributed by atoms with Crippen LogP contribution in [-0.2, 0) is 5.41 Å². The van der Waals surface area contributed by atoms with Gasteiger partial charge in [0.1, 0.15) is 11.2 Å². The molecule has 2 heterocycles. The van der Waals surface area contributed by atoms with E-state index in [1.165, 1.54) is 38.8 Å². The molecule has 9 aromatic carbocycles. The molecule has 274 valence electrons. The lowest BCUT2D eigenvalue weighted by Gasteiger charge is -2.28. The third kappa shape index (κ3) is 4.74. The zero-order valence-corrected chi connectivity index (χ0v) is 32.2. The molecular weight excluding hydrogens is 707 g/mol. The minimum absolute atomic E-state index is 0.171. The van der Waals surface area contributed by atoms with Gasteiger partial charge in [-0.1, -0.05) is 166 Å². The van der Waals surface area contributed by atoms with Gasteiger partial charge in [0.2, 0.25) is 0 Å². The summed E-state index contributed by atoms with van der Waals surface area (Å²) in [7, 11) is 0. The van der Waals surface area contributed by atoms with E-state index in [-0.39, 0.29) is 5.41 Å². The molecule has 0 saturated heterocycles. The van der Waals surface area contributed by atoms with Crippen molar-refractivity contribution < 1.29 is 8.83 Å². The molecule has 0 aliphatic heterocycles. The van der Waals surface area contributed by atoms with Crippen molar-refractivity contribution in [3.63, 3.8) is 0 Å². The van der Waals surface area contributed by atoms with Gasteiger partial charge in [0, 0.05) is 38.2 Å². The van der Waals surface area contributed by atoms with Crippen LogP contribution in [0.5, 0.6) is 0 Å². The smallest absolute Gasteiger partial charge is 0.159 e. The van der Waals surface area contributed by atoms with Crippen molar-refractivity contribution in [2.24, 2.45) is 0 Å². The number of furan rings is 2. The molecule has 3 nitrogen and oxygen atoms in total. The lowest BCUT2D eigenvalue weighted by molar-refractivity contribution is 0.660. The zero-order valence-electron chi connectivity index (χ0n) is 32.2. The van der Waals surface area contributed by atoms with Crippen LogP contribution in [0.4, 0.5) is 17.1 Å². The first-order chi connectivity index (χ1) is 28.5. The molecule has 2 aromatic heterocycles. The Kier molecular flexibility index (Phi) is 6.98. The normalized spacial score (nSPS) is 13.1. The summed E-state index contributed by atoms with van der Waals surface area (Å²) in [5.41, 5.74) is 16.0. The maximum Gasteiger partial charge on any atom is 0.159 e. The molecule has 0 atom stereocenters. The van der Waals surface area contributed by atoms with Gasteiger partial charge in [-0.15, -0.1) is 0 Å². The molecule has 1 aliphatic rings. The van der Waals surface area contributed by atoms with E-state index in [1.54, 1.807) is 0 Å². The standard InChI is InChI=1S/C55H37NO2/c1-55(2)46-22-10-8-18-40(46)41-31-30-38(33-47(41)55)56(48-23-12-20-43-42-19-9-11-25-50(42)57-52(43)48)49-24-13-21-44-45-32-37-16-6-7-17-39(37)51(54(45)58-53(44)49)36-28-26-35(27-29-36)34-14-4-3-5-15-34/h3-33H,1-2H3. The highest BCUT2D eigenvalue weighted by Gasteiger charge is 2.36. The Labute approximate surface area is 336 Å². The Balaban J connectivity index is 1.13. The van der Waals surface area contributed by atoms with Crippen LogP contribution in [0.15, 0.2) is 197 Å². The van der Waals surface area contributed by atoms with Gasteiger partial charge in [0.15, 0.2) is 11.2 Å². The van der Waals surface area contributed by atoms with E-state index in [9.17, 15) is 0 Å². The van der Waals surface area contributed by atoms with Crippen molar-refractivity contribution in [3.8, 4) is 33.4 Å². The molecule has 58 heavy (non-hydrogen) atoms. The molecule has 0 radical (unpaired) electrons. The van der Waals surface area contributed by atoms with Gasteiger partial charge in [0.05, 0.1) is 11.4 Å². The third-order valence-corrected chi connectivity index (χ3v) is 12.5. The van der Waals surface area contributed by atoms with Gasteiger partial charge < -0.3 is 13.7 Å². The summed E-state index contributed by atoms with van der Waals surface area (Å²) < 4.78 is 14.1. The molecule has 1 aliphatic carbocycles. The van der Waals surface area contributed by atoms with Crippen LogP contribution < -0.4 is 4.90 Å². The van der Waals surface area contributed by atoms with Crippen molar-refractivity contribution >= 4 is 71.7 Å². The first-order valence-corrected chi connectivity index (χ1v) is 20.0. The number of rotatable bonds is 5. The highest BCUT2D eigenvalue weighted by atomic mass is 16.3. The predicted octanol–water partition coefficient (Wildman–Crippen LogP) is 15.7. The lowest BCUT2D eigenvalue weighted by Crippen LogP contribution is -2.16. The fourth-order valence-corrected chi connectivity index (χ4v) is 9.65. The fraction of sp³-hybridized carbons (Fsp3) is 0.0545. The Morgan fingerprint density at radius 2 is 1.00 bits per heavy atom. The van der Waals surface area contributed by atoms with Crippen LogP contribution >= 0.6 is 0 Å². The highest BCUT2D eigenvalue weighted by molar-refractivity contribution is 6.21. The van der Waals surface area contributed by atoms with Crippen LogP contribution in [0.25, 0.3) is 88.0 Å². The van der Waals surface area contributed by atoms with Gasteiger partial charge >= 0.3 is 0 Å². The SMILES string of the molecule is CC1(C)c2ccccc2-c2ccc(N(c3cccc4c3oc3ccccc34)c3cccc4c3oc3c(-c5ccc(-c6ccccc6)cc5)c5ccccc5cc34)cc21. The summed E-state index contributed by atoms with van der Waals surface area (Å²) in [6, 6.07) is 67.5. The van der Waals surface area contributed by atoms with Crippen molar-refractivity contribution in [1.29, 1.82) is 0 Å². The molecule has 11 aromatic rings. The second-order valence-corrected chi connectivity index (χ2v) is 16.0. The Morgan fingerprint density at radius 1 is 0.397 bits per heavy atom. The van der Waals surface area contributed by atoms with E-state index in [0.717, 1.165) is 77.5 Å². The minimum Gasteiger partial charge on any atom is -0.454 e. The molecule has 0 saturated carbocycles. The maximum absolute atomic E-state index is 7.30. The van der Waals surface area contributed by atoms with Crippen molar-refractivity contribution in [2.75, 3.05) is 4.90 Å². The second-order valence-electron chi connectivity index (χ2n) is 16.0. The van der Waals surface area contributed by atoms with Crippen molar-refractivity contribution in [3.05, 3.63) is 199 Å². The highest BCUT2D eigenvalue weighted by Crippen LogP contribution is 2.53. The summed E-state index contributed by atoms with van der Waals surface area (Å²) in [6.45, 7) is 4.68. The largest absolute Gasteiger partial charge is 0.454 e. The number of anilines is 3. The van der Waals surface area contributed by atoms with Crippen molar-refractivity contribution in [1.82, 2.24) is 0 Å². The number of nitrogens with zero attached hydrogens (tertiary/aromatic N) is 1. The molecule has 0 fully saturated rings. The first-order valence-electron chi connectivity index (χ1n) is 20.0. The van der Waals surface area contributed by atoms with Crippen LogP contribution in [-0.4, -0.2) is 0 Å². The van der Waals surface area contributed by atoms with E-state index in [1.807, 2.05) is 6.07 Å². The Bertz CT molecular complexity index is 3420. The van der Waals surface area contributed by atoms with E-state index in [0.29, 0.717) is 0 Å². The quantitative estimate of drug-likeness (QED) is 0.176. The summed E-state index contributed by atoms with van der Waals surface area (Å²) in [5.74, 6) is 0. The van der Waals surface area contributed by atoms with Crippen LogP contribution in [0, 0.1) is 0 Å². The maximum atomic E-state index is 7.30. The summed E-state index contributed by atoms with van der Waals surface area (Å²) in [4.78, 5) is 2.35. The zero-order chi connectivity index (χ0) is 38.5. The van der Waals surface area contributed by atoms with Gasteiger partial charge in [-0.2, -0.15) is 0 Å². The van der Waals surface area contributed by atoms with Crippen LogP contribution in [0.2, 0.25) is 0 Å². The van der Waals surface area contributed by atoms with Gasteiger partial charge in [-0.25, -0.2) is 0 Å². The number of fused-ring (bicyclic) bond motifs is 10. The third-order valence-electron chi connectivity index (χ3n) is 12.5. The molecule has 0 amide bonds. The second kappa shape index (κ2) is 12.3. The van der Waals surface area contributed by atoms with Gasteiger partial charge in [-0.3, -0.25) is 0 Å². The first kappa shape index (κ1) is 32.8. The average molecular weight is 744 g/mol. The van der Waals surface area contributed by atoms with E-state index >= 15 is 0 Å². The minimum atomic E-state index is -0.171. The number of hydrogen-bond acceptors (Lipinski definition) is 3. The van der Waals surface area contributed by atoms with E-state index < -0.39 is 0 Å². The van der Waals surface area contributed by atoms with Gasteiger partial charge in [-0.05, 0) is 86.1 Å². The molecule has 0 N–H and O–H groups in total. The molecule has 12 rings (SSSR count). The fourth-order valence-electron chi connectivity index (χ4n) is 9.65. The van der Waals surface area contributed by atoms with E-state index in [4.69, 9.17) is 8.83 Å². The topological polar surface area (TPSA) is 29.5 Å². The van der Waals surface area contributed by atoms with E-state index in [2.05, 4.69) is 201 Å². The lowest BCUT2D eigenvalue weighted by atomic mass is 9.82. The Hall–Kier alpha value is -7.36.